The van der Waals surface area contributed by atoms with Crippen molar-refractivity contribution in [3.8, 4) is 0 Å². The van der Waals surface area contributed by atoms with E-state index < -0.39 is 5.97 Å². The summed E-state index contributed by atoms with van der Waals surface area (Å²) in [6, 6.07) is -0.127. The number of hydrogen-bond acceptors (Lipinski definition) is 4. The molecule has 17 heavy (non-hydrogen) atoms. The fraction of sp³-hybridized carbons (Fsp3) is 0.818. The highest BCUT2D eigenvalue weighted by molar-refractivity contribution is 5.81. The van der Waals surface area contributed by atoms with Crippen LogP contribution in [0.25, 0.3) is 0 Å². The number of carbonyl (C=O) groups excluding carboxylic acids is 1. The SMILES string of the molecule is COCCOCCC(=O)N(CC(=O)O)C(C)C. The first-order valence-electron chi connectivity index (χ1n) is 5.57. The largest absolute Gasteiger partial charge is 0.480 e. The van der Waals surface area contributed by atoms with Crippen LogP contribution in [0.5, 0.6) is 0 Å². The average molecular weight is 247 g/mol. The van der Waals surface area contributed by atoms with Crippen LogP contribution in [0, 0.1) is 0 Å². The Bertz CT molecular complexity index is 242. The summed E-state index contributed by atoms with van der Waals surface area (Å²) in [6.45, 7) is 4.50. The molecule has 0 saturated heterocycles. The summed E-state index contributed by atoms with van der Waals surface area (Å²) in [5.74, 6) is -1.22. The van der Waals surface area contributed by atoms with Crippen molar-refractivity contribution in [2.24, 2.45) is 0 Å². The standard InChI is InChI=1S/C11H21NO5/c1-9(2)12(8-11(14)15)10(13)4-5-17-7-6-16-3/h9H,4-8H2,1-3H3,(H,14,15). The van der Waals surface area contributed by atoms with Gasteiger partial charge in [-0.05, 0) is 13.8 Å². The van der Waals surface area contributed by atoms with Gasteiger partial charge < -0.3 is 19.5 Å². The molecule has 0 bridgehead atoms. The Hall–Kier alpha value is -1.14. The van der Waals surface area contributed by atoms with Gasteiger partial charge in [-0.2, -0.15) is 0 Å². The minimum Gasteiger partial charge on any atom is -0.480 e. The molecule has 0 spiro atoms. The van der Waals surface area contributed by atoms with E-state index in [1.807, 2.05) is 0 Å². The van der Waals surface area contributed by atoms with Crippen LogP contribution in [-0.4, -0.2) is 61.4 Å². The summed E-state index contributed by atoms with van der Waals surface area (Å²) in [7, 11) is 1.57. The molecular formula is C11H21NO5. The Morgan fingerprint density at radius 2 is 1.88 bits per heavy atom. The molecule has 0 aromatic rings. The second kappa shape index (κ2) is 8.95. The Kier molecular flexibility index (Phi) is 8.35. The number of methoxy groups -OCH3 is 1. The maximum Gasteiger partial charge on any atom is 0.323 e. The van der Waals surface area contributed by atoms with Gasteiger partial charge in [0.1, 0.15) is 6.54 Å². The Morgan fingerprint density at radius 1 is 1.24 bits per heavy atom. The number of carboxylic acids is 1. The van der Waals surface area contributed by atoms with Gasteiger partial charge in [0.25, 0.3) is 0 Å². The average Bonchev–Trinajstić information content (AvgIpc) is 2.24. The fourth-order valence-electron chi connectivity index (χ4n) is 1.25. The molecule has 0 heterocycles. The zero-order chi connectivity index (χ0) is 13.3. The van der Waals surface area contributed by atoms with Crippen LogP contribution in [0.1, 0.15) is 20.3 Å². The molecule has 0 atom stereocenters. The van der Waals surface area contributed by atoms with Crippen LogP contribution >= 0.6 is 0 Å². The highest BCUT2D eigenvalue weighted by atomic mass is 16.5. The molecule has 1 amide bonds. The molecule has 0 rings (SSSR count). The quantitative estimate of drug-likeness (QED) is 0.595. The molecule has 0 aromatic heterocycles. The van der Waals surface area contributed by atoms with Gasteiger partial charge in [0.2, 0.25) is 5.91 Å². The minimum atomic E-state index is -1.01. The summed E-state index contributed by atoms with van der Waals surface area (Å²) in [4.78, 5) is 23.6. The van der Waals surface area contributed by atoms with Gasteiger partial charge >= 0.3 is 5.97 Å². The van der Waals surface area contributed by atoms with Crippen molar-refractivity contribution < 1.29 is 24.2 Å². The molecule has 100 valence electrons. The first-order chi connectivity index (χ1) is 7.99. The van der Waals surface area contributed by atoms with Crippen molar-refractivity contribution in [2.45, 2.75) is 26.3 Å². The molecule has 0 aliphatic carbocycles. The topological polar surface area (TPSA) is 76.1 Å². The van der Waals surface area contributed by atoms with E-state index >= 15 is 0 Å². The lowest BCUT2D eigenvalue weighted by Gasteiger charge is -2.24. The van der Waals surface area contributed by atoms with Gasteiger partial charge in [-0.3, -0.25) is 9.59 Å². The number of amides is 1. The smallest absolute Gasteiger partial charge is 0.323 e. The number of ether oxygens (including phenoxy) is 2. The monoisotopic (exact) mass is 247 g/mol. The number of rotatable bonds is 9. The Balaban J connectivity index is 3.94. The molecule has 0 radical (unpaired) electrons. The van der Waals surface area contributed by atoms with Crippen molar-refractivity contribution in [3.05, 3.63) is 0 Å². The van der Waals surface area contributed by atoms with E-state index in [0.717, 1.165) is 0 Å². The summed E-state index contributed by atoms with van der Waals surface area (Å²) < 4.78 is 9.95. The first-order valence-corrected chi connectivity index (χ1v) is 5.57. The van der Waals surface area contributed by atoms with Gasteiger partial charge in [0.05, 0.1) is 26.2 Å². The molecule has 0 saturated carbocycles. The van der Waals surface area contributed by atoms with Crippen LogP contribution in [-0.2, 0) is 19.1 Å². The van der Waals surface area contributed by atoms with Crippen molar-refractivity contribution in [3.63, 3.8) is 0 Å². The normalized spacial score (nSPS) is 10.6. The minimum absolute atomic E-state index is 0.127. The van der Waals surface area contributed by atoms with Gasteiger partial charge in [-0.1, -0.05) is 0 Å². The molecule has 0 fully saturated rings. The summed E-state index contributed by atoms with van der Waals surface area (Å²) in [5.41, 5.74) is 0. The number of aliphatic carboxylic acids is 1. The Labute approximate surface area is 101 Å². The van der Waals surface area contributed by atoms with E-state index in [4.69, 9.17) is 14.6 Å². The zero-order valence-electron chi connectivity index (χ0n) is 10.6. The summed E-state index contributed by atoms with van der Waals surface area (Å²) >= 11 is 0. The summed E-state index contributed by atoms with van der Waals surface area (Å²) in [5, 5.41) is 8.68. The molecular weight excluding hydrogens is 226 g/mol. The third kappa shape index (κ3) is 7.70. The van der Waals surface area contributed by atoms with Crippen LogP contribution in [0.3, 0.4) is 0 Å². The Morgan fingerprint density at radius 3 is 2.35 bits per heavy atom. The van der Waals surface area contributed by atoms with E-state index in [2.05, 4.69) is 0 Å². The second-order valence-corrected chi connectivity index (χ2v) is 3.86. The third-order valence-corrected chi connectivity index (χ3v) is 2.14. The lowest BCUT2D eigenvalue weighted by atomic mass is 10.2. The van der Waals surface area contributed by atoms with Gasteiger partial charge in [0.15, 0.2) is 0 Å². The van der Waals surface area contributed by atoms with E-state index in [0.29, 0.717) is 13.2 Å². The fourth-order valence-corrected chi connectivity index (χ4v) is 1.25. The van der Waals surface area contributed by atoms with Gasteiger partial charge in [-0.15, -0.1) is 0 Å². The molecule has 6 heteroatoms. The van der Waals surface area contributed by atoms with Crippen LogP contribution in [0.2, 0.25) is 0 Å². The number of carbonyl (C=O) groups is 2. The molecule has 1 N–H and O–H groups in total. The molecule has 0 aliphatic heterocycles. The van der Waals surface area contributed by atoms with Crippen molar-refractivity contribution in [1.29, 1.82) is 0 Å². The summed E-state index contributed by atoms with van der Waals surface area (Å²) in [6.07, 6.45) is 0.190. The number of hydrogen-bond donors (Lipinski definition) is 1. The maximum absolute atomic E-state index is 11.7. The van der Waals surface area contributed by atoms with E-state index in [9.17, 15) is 9.59 Å². The lowest BCUT2D eigenvalue weighted by Crippen LogP contribution is -2.41. The van der Waals surface area contributed by atoms with E-state index in [-0.39, 0.29) is 31.5 Å². The van der Waals surface area contributed by atoms with Crippen molar-refractivity contribution in [2.75, 3.05) is 33.5 Å². The van der Waals surface area contributed by atoms with E-state index in [1.54, 1.807) is 21.0 Å². The first kappa shape index (κ1) is 15.9. The highest BCUT2D eigenvalue weighted by Gasteiger charge is 2.19. The number of nitrogens with zero attached hydrogens (tertiary/aromatic N) is 1. The zero-order valence-corrected chi connectivity index (χ0v) is 10.6. The third-order valence-electron chi connectivity index (χ3n) is 2.14. The van der Waals surface area contributed by atoms with E-state index in [1.165, 1.54) is 4.90 Å². The van der Waals surface area contributed by atoms with Gasteiger partial charge in [-0.25, -0.2) is 0 Å². The maximum atomic E-state index is 11.7. The predicted octanol–water partition coefficient (Wildman–Crippen LogP) is 0.361. The molecule has 0 unspecified atom stereocenters. The van der Waals surface area contributed by atoms with Crippen LogP contribution in [0.15, 0.2) is 0 Å². The van der Waals surface area contributed by atoms with Crippen molar-refractivity contribution in [1.82, 2.24) is 4.90 Å². The van der Waals surface area contributed by atoms with Crippen LogP contribution < -0.4 is 0 Å². The predicted molar refractivity (Wildman–Crippen MR) is 61.8 cm³/mol. The van der Waals surface area contributed by atoms with Gasteiger partial charge in [0, 0.05) is 13.2 Å². The lowest BCUT2D eigenvalue weighted by molar-refractivity contribution is -0.146. The van der Waals surface area contributed by atoms with Crippen LogP contribution in [0.4, 0.5) is 0 Å². The van der Waals surface area contributed by atoms with Crippen molar-refractivity contribution >= 4 is 11.9 Å². The molecule has 0 aromatic carbocycles. The second-order valence-electron chi connectivity index (χ2n) is 3.86. The highest BCUT2D eigenvalue weighted by Crippen LogP contribution is 2.01. The molecule has 6 nitrogen and oxygen atoms in total. The number of carboxylic acid groups (broad SMARTS) is 1. The molecule has 0 aliphatic rings.